The van der Waals surface area contributed by atoms with E-state index in [4.69, 9.17) is 0 Å². The number of halogens is 2. The highest BCUT2D eigenvalue weighted by molar-refractivity contribution is 5.19. The van der Waals surface area contributed by atoms with Crippen molar-refractivity contribution in [1.82, 2.24) is 4.90 Å². The predicted octanol–water partition coefficient (Wildman–Crippen LogP) is 2.21. The number of aliphatic hydroxyl groups is 1. The van der Waals surface area contributed by atoms with E-state index >= 15 is 0 Å². The number of benzene rings is 1. The summed E-state index contributed by atoms with van der Waals surface area (Å²) in [6.45, 7) is 1.70. The van der Waals surface area contributed by atoms with Crippen LogP contribution in [-0.4, -0.2) is 36.8 Å². The van der Waals surface area contributed by atoms with E-state index in [1.807, 2.05) is 7.05 Å². The van der Waals surface area contributed by atoms with E-state index in [2.05, 4.69) is 4.90 Å². The van der Waals surface area contributed by atoms with Crippen LogP contribution in [-0.2, 0) is 6.42 Å². The van der Waals surface area contributed by atoms with Crippen molar-refractivity contribution in [3.63, 3.8) is 0 Å². The summed E-state index contributed by atoms with van der Waals surface area (Å²) in [6.07, 6.45) is 2.60. The summed E-state index contributed by atoms with van der Waals surface area (Å²) in [5, 5.41) is 9.23. The molecule has 1 aliphatic rings. The van der Waals surface area contributed by atoms with Crippen molar-refractivity contribution >= 4 is 0 Å². The van der Waals surface area contributed by atoms with Crippen molar-refractivity contribution in [2.24, 2.45) is 5.41 Å². The van der Waals surface area contributed by atoms with Crippen LogP contribution in [0.4, 0.5) is 8.78 Å². The minimum absolute atomic E-state index is 0.0647. The van der Waals surface area contributed by atoms with E-state index in [-0.39, 0.29) is 17.8 Å². The van der Waals surface area contributed by atoms with Gasteiger partial charge in [0.15, 0.2) is 0 Å². The molecule has 0 heterocycles. The van der Waals surface area contributed by atoms with Gasteiger partial charge in [0, 0.05) is 25.1 Å². The van der Waals surface area contributed by atoms with Crippen LogP contribution in [0.15, 0.2) is 18.2 Å². The molecule has 2 rings (SSSR count). The molecule has 18 heavy (non-hydrogen) atoms. The minimum Gasteiger partial charge on any atom is -0.396 e. The molecule has 100 valence electrons. The second kappa shape index (κ2) is 5.33. The number of rotatable bonds is 6. The Labute approximate surface area is 106 Å². The summed E-state index contributed by atoms with van der Waals surface area (Å²) >= 11 is 0. The average molecular weight is 255 g/mol. The van der Waals surface area contributed by atoms with E-state index in [9.17, 15) is 13.9 Å². The fraction of sp³-hybridized carbons (Fsp3) is 0.571. The van der Waals surface area contributed by atoms with Crippen LogP contribution in [0.5, 0.6) is 0 Å². The van der Waals surface area contributed by atoms with E-state index in [1.165, 1.54) is 12.1 Å². The Hall–Kier alpha value is -1.00. The molecule has 0 bridgehead atoms. The van der Waals surface area contributed by atoms with Crippen LogP contribution in [0.25, 0.3) is 0 Å². The lowest BCUT2D eigenvalue weighted by atomic mass is 10.1. The van der Waals surface area contributed by atoms with Crippen LogP contribution in [0, 0.1) is 17.0 Å². The van der Waals surface area contributed by atoms with Gasteiger partial charge in [-0.1, -0.05) is 0 Å². The Morgan fingerprint density at radius 3 is 2.67 bits per heavy atom. The van der Waals surface area contributed by atoms with Gasteiger partial charge >= 0.3 is 0 Å². The quantitative estimate of drug-likeness (QED) is 0.842. The highest BCUT2D eigenvalue weighted by Crippen LogP contribution is 2.45. The first-order chi connectivity index (χ1) is 8.54. The lowest BCUT2D eigenvalue weighted by molar-refractivity contribution is 0.164. The van der Waals surface area contributed by atoms with Gasteiger partial charge in [-0.15, -0.1) is 0 Å². The third-order valence-electron chi connectivity index (χ3n) is 3.67. The third-order valence-corrected chi connectivity index (χ3v) is 3.67. The number of hydrogen-bond donors (Lipinski definition) is 1. The Morgan fingerprint density at radius 2 is 2.06 bits per heavy atom. The van der Waals surface area contributed by atoms with E-state index < -0.39 is 5.82 Å². The van der Waals surface area contributed by atoms with Crippen molar-refractivity contribution in [3.05, 3.63) is 35.4 Å². The summed E-state index contributed by atoms with van der Waals surface area (Å²) in [5.41, 5.74) is 0.477. The van der Waals surface area contributed by atoms with E-state index in [0.29, 0.717) is 18.5 Å². The minimum atomic E-state index is -0.400. The molecule has 1 N–H and O–H groups in total. The van der Waals surface area contributed by atoms with Crippen molar-refractivity contribution < 1.29 is 13.9 Å². The molecule has 0 saturated heterocycles. The molecule has 1 aliphatic carbocycles. The molecule has 1 aromatic carbocycles. The molecular formula is C14H19F2NO. The Bertz CT molecular complexity index is 418. The lowest BCUT2D eigenvalue weighted by Crippen LogP contribution is -2.30. The van der Waals surface area contributed by atoms with Crippen LogP contribution in [0.1, 0.15) is 18.4 Å². The van der Waals surface area contributed by atoms with Crippen molar-refractivity contribution in [3.8, 4) is 0 Å². The number of hydrogen-bond acceptors (Lipinski definition) is 2. The van der Waals surface area contributed by atoms with Crippen molar-refractivity contribution in [1.29, 1.82) is 0 Å². The van der Waals surface area contributed by atoms with Gasteiger partial charge in [0.1, 0.15) is 11.6 Å². The molecule has 2 nitrogen and oxygen atoms in total. The fourth-order valence-corrected chi connectivity index (χ4v) is 2.24. The van der Waals surface area contributed by atoms with Crippen molar-refractivity contribution in [2.75, 3.05) is 26.7 Å². The molecule has 0 radical (unpaired) electrons. The molecule has 1 aromatic rings. The number of aliphatic hydroxyl groups excluding tert-OH is 1. The molecule has 0 amide bonds. The Kier molecular flexibility index (Phi) is 3.97. The monoisotopic (exact) mass is 255 g/mol. The lowest BCUT2D eigenvalue weighted by Gasteiger charge is -2.22. The molecular weight excluding hydrogens is 236 g/mol. The molecule has 0 atom stereocenters. The van der Waals surface area contributed by atoms with Gasteiger partial charge in [-0.25, -0.2) is 8.78 Å². The smallest absolute Gasteiger partial charge is 0.126 e. The zero-order valence-electron chi connectivity index (χ0n) is 10.6. The second-order valence-electron chi connectivity index (χ2n) is 5.38. The maximum atomic E-state index is 13.4. The van der Waals surface area contributed by atoms with Gasteiger partial charge < -0.3 is 10.0 Å². The maximum Gasteiger partial charge on any atom is 0.126 e. The van der Waals surface area contributed by atoms with Crippen LogP contribution in [0.2, 0.25) is 0 Å². The molecule has 0 spiro atoms. The molecule has 4 heteroatoms. The highest BCUT2D eigenvalue weighted by Gasteiger charge is 2.42. The zero-order chi connectivity index (χ0) is 13.2. The highest BCUT2D eigenvalue weighted by atomic mass is 19.1. The van der Waals surface area contributed by atoms with Gasteiger partial charge in [-0.2, -0.15) is 0 Å². The van der Waals surface area contributed by atoms with Crippen LogP contribution in [0.3, 0.4) is 0 Å². The molecule has 0 unspecified atom stereocenters. The first kappa shape index (κ1) is 13.4. The average Bonchev–Trinajstić information content (AvgIpc) is 3.11. The molecule has 0 aliphatic heterocycles. The SMILES string of the molecule is CN(CCc1cc(F)ccc1F)CC1(CO)CC1. The summed E-state index contributed by atoms with van der Waals surface area (Å²) in [5.74, 6) is -0.754. The topological polar surface area (TPSA) is 23.5 Å². The maximum absolute atomic E-state index is 13.4. The third kappa shape index (κ3) is 3.27. The van der Waals surface area contributed by atoms with Gasteiger partial charge in [0.05, 0.1) is 0 Å². The summed E-state index contributed by atoms with van der Waals surface area (Å²) in [4.78, 5) is 2.08. The standard InChI is InChI=1S/C14H19F2NO/c1-17(9-14(10-18)5-6-14)7-4-11-8-12(15)2-3-13(11)16/h2-3,8,18H,4-7,9-10H2,1H3. The van der Waals surface area contributed by atoms with E-state index in [1.54, 1.807) is 0 Å². The van der Waals surface area contributed by atoms with E-state index in [0.717, 1.165) is 25.5 Å². The normalized spacial score (nSPS) is 17.2. The van der Waals surface area contributed by atoms with Crippen LogP contribution < -0.4 is 0 Å². The van der Waals surface area contributed by atoms with Gasteiger partial charge in [-0.3, -0.25) is 0 Å². The largest absolute Gasteiger partial charge is 0.396 e. The predicted molar refractivity (Wildman–Crippen MR) is 66.3 cm³/mol. The summed E-state index contributed by atoms with van der Waals surface area (Å²) in [7, 11) is 1.95. The molecule has 1 saturated carbocycles. The number of nitrogens with zero attached hydrogens (tertiary/aromatic N) is 1. The zero-order valence-corrected chi connectivity index (χ0v) is 10.6. The van der Waals surface area contributed by atoms with Crippen molar-refractivity contribution in [2.45, 2.75) is 19.3 Å². The Balaban J connectivity index is 1.85. The fourth-order valence-electron chi connectivity index (χ4n) is 2.24. The van der Waals surface area contributed by atoms with Gasteiger partial charge in [-0.05, 0) is 50.1 Å². The summed E-state index contributed by atoms with van der Waals surface area (Å²) in [6, 6.07) is 3.55. The molecule has 0 aromatic heterocycles. The van der Waals surface area contributed by atoms with Gasteiger partial charge in [0.2, 0.25) is 0 Å². The molecule has 1 fully saturated rings. The van der Waals surface area contributed by atoms with Gasteiger partial charge in [0.25, 0.3) is 0 Å². The Morgan fingerprint density at radius 1 is 1.33 bits per heavy atom. The van der Waals surface area contributed by atoms with Crippen LogP contribution >= 0.6 is 0 Å². The first-order valence-corrected chi connectivity index (χ1v) is 6.28. The second-order valence-corrected chi connectivity index (χ2v) is 5.38. The first-order valence-electron chi connectivity index (χ1n) is 6.28. The number of likely N-dealkylation sites (N-methyl/N-ethyl adjacent to an activating group) is 1. The summed E-state index contributed by atoms with van der Waals surface area (Å²) < 4.78 is 26.4.